The van der Waals surface area contributed by atoms with E-state index in [1.165, 1.54) is 0 Å². The van der Waals surface area contributed by atoms with Gasteiger partial charge in [0.25, 0.3) is 0 Å². The van der Waals surface area contributed by atoms with Gasteiger partial charge in [0.2, 0.25) is 17.7 Å². The van der Waals surface area contributed by atoms with Crippen molar-refractivity contribution in [3.8, 4) is 0 Å². The lowest BCUT2D eigenvalue weighted by molar-refractivity contribution is -0.145. The normalized spacial score (nSPS) is 16.1. The first kappa shape index (κ1) is 26.2. The van der Waals surface area contributed by atoms with Crippen LogP contribution in [0.2, 0.25) is 0 Å². The molecule has 13 nitrogen and oxygen atoms in total. The van der Waals surface area contributed by atoms with Crippen molar-refractivity contribution in [1.82, 2.24) is 16.0 Å². The van der Waals surface area contributed by atoms with E-state index in [1.807, 2.05) is 5.32 Å². The van der Waals surface area contributed by atoms with E-state index < -0.39 is 78.9 Å². The molecule has 0 bridgehead atoms. The predicted octanol–water partition coefficient (Wildman–Crippen LogP) is -3.64. The summed E-state index contributed by atoms with van der Waals surface area (Å²) in [5.41, 5.74) is 5.45. The Morgan fingerprint density at radius 1 is 0.862 bits per heavy atom. The molecule has 3 amide bonds. The Hall–Kier alpha value is -2.77. The molecule has 0 radical (unpaired) electrons. The maximum Gasteiger partial charge on any atom is 0.328 e. The third-order valence-electron chi connectivity index (χ3n) is 3.84. The third kappa shape index (κ3) is 8.85. The van der Waals surface area contributed by atoms with Crippen LogP contribution in [0, 0.1) is 5.92 Å². The Bertz CT molecular complexity index is 624. The molecule has 13 heteroatoms. The van der Waals surface area contributed by atoms with Crippen molar-refractivity contribution in [2.75, 3.05) is 6.61 Å². The lowest BCUT2D eigenvalue weighted by Crippen LogP contribution is -2.60. The number of aliphatic hydroxyl groups is 2. The second kappa shape index (κ2) is 11.9. The lowest BCUT2D eigenvalue weighted by Gasteiger charge is -2.26. The van der Waals surface area contributed by atoms with Gasteiger partial charge in [-0.3, -0.25) is 19.2 Å². The number of amides is 3. The van der Waals surface area contributed by atoms with Crippen LogP contribution >= 0.6 is 0 Å². The predicted molar refractivity (Wildman–Crippen MR) is 97.3 cm³/mol. The van der Waals surface area contributed by atoms with Gasteiger partial charge in [0.15, 0.2) is 6.04 Å². The van der Waals surface area contributed by atoms with Crippen LogP contribution < -0.4 is 21.7 Å². The number of rotatable bonds is 12. The standard InChI is InChI=1S/C16H28N4O9/c1-6(2)11(19-13(25)8(17)4-10(23)24)15(27)18-9(5-21)14(26)20-12(7(3)22)16(28)29/h6-9,11-12,21-22H,4-5,17H2,1-3H3,(H,18,27)(H,19,25)(H,20,26)(H,23,24)(H,28,29). The number of nitrogens with two attached hydrogens (primary N) is 1. The van der Waals surface area contributed by atoms with Crippen LogP contribution in [0.1, 0.15) is 27.2 Å². The van der Waals surface area contributed by atoms with Crippen LogP contribution in [-0.4, -0.2) is 87.0 Å². The van der Waals surface area contributed by atoms with Gasteiger partial charge in [-0.25, -0.2) is 4.79 Å². The SMILES string of the molecule is CC(C)C(NC(=O)C(N)CC(=O)O)C(=O)NC(CO)C(=O)NC(C(=O)O)C(C)O. The zero-order valence-corrected chi connectivity index (χ0v) is 16.3. The average Bonchev–Trinajstić information content (AvgIpc) is 2.59. The maximum atomic E-state index is 12.5. The molecule has 0 aliphatic heterocycles. The summed E-state index contributed by atoms with van der Waals surface area (Å²) < 4.78 is 0. The Labute approximate surface area is 166 Å². The minimum absolute atomic E-state index is 0.498. The van der Waals surface area contributed by atoms with Crippen molar-refractivity contribution < 1.29 is 44.4 Å². The highest BCUT2D eigenvalue weighted by molar-refractivity contribution is 5.94. The molecule has 9 N–H and O–H groups in total. The number of hydrogen-bond donors (Lipinski definition) is 8. The Morgan fingerprint density at radius 3 is 1.76 bits per heavy atom. The highest BCUT2D eigenvalue weighted by atomic mass is 16.4. The van der Waals surface area contributed by atoms with Crippen molar-refractivity contribution in [3.05, 3.63) is 0 Å². The second-order valence-electron chi connectivity index (χ2n) is 6.74. The van der Waals surface area contributed by atoms with E-state index in [4.69, 9.17) is 15.9 Å². The van der Waals surface area contributed by atoms with Crippen LogP contribution in [0.4, 0.5) is 0 Å². The number of carbonyl (C=O) groups is 5. The number of nitrogens with one attached hydrogen (secondary N) is 3. The monoisotopic (exact) mass is 420 g/mol. The molecule has 0 aromatic rings. The molecule has 5 atom stereocenters. The van der Waals surface area contributed by atoms with Crippen LogP contribution in [0.5, 0.6) is 0 Å². The van der Waals surface area contributed by atoms with Crippen molar-refractivity contribution >= 4 is 29.7 Å². The molecule has 0 rings (SSSR count). The number of hydrogen-bond acceptors (Lipinski definition) is 8. The number of carboxylic acids is 2. The summed E-state index contributed by atoms with van der Waals surface area (Å²) in [6.45, 7) is 3.38. The van der Waals surface area contributed by atoms with E-state index in [1.54, 1.807) is 13.8 Å². The van der Waals surface area contributed by atoms with E-state index in [0.29, 0.717) is 0 Å². The number of carboxylic acid groups (broad SMARTS) is 2. The third-order valence-corrected chi connectivity index (χ3v) is 3.84. The summed E-state index contributed by atoms with van der Waals surface area (Å²) in [7, 11) is 0. The molecule has 0 spiro atoms. The first-order chi connectivity index (χ1) is 13.3. The van der Waals surface area contributed by atoms with Crippen molar-refractivity contribution in [1.29, 1.82) is 0 Å². The van der Waals surface area contributed by atoms with E-state index >= 15 is 0 Å². The molecule has 0 saturated carbocycles. The van der Waals surface area contributed by atoms with Gasteiger partial charge in [0.05, 0.1) is 25.2 Å². The number of carbonyl (C=O) groups excluding carboxylic acids is 3. The Morgan fingerprint density at radius 2 is 1.38 bits per heavy atom. The highest BCUT2D eigenvalue weighted by Gasteiger charge is 2.32. The smallest absolute Gasteiger partial charge is 0.328 e. The Balaban J connectivity index is 5.17. The lowest BCUT2D eigenvalue weighted by atomic mass is 10.0. The van der Waals surface area contributed by atoms with E-state index in [-0.39, 0.29) is 0 Å². The number of aliphatic carboxylic acids is 2. The van der Waals surface area contributed by atoms with E-state index in [9.17, 15) is 34.2 Å². The van der Waals surface area contributed by atoms with Gasteiger partial charge in [-0.2, -0.15) is 0 Å². The first-order valence-corrected chi connectivity index (χ1v) is 8.72. The molecule has 5 unspecified atom stereocenters. The molecule has 0 heterocycles. The topological polar surface area (TPSA) is 228 Å². The summed E-state index contributed by atoms with van der Waals surface area (Å²) in [5, 5.41) is 42.9. The number of aliphatic hydroxyl groups excluding tert-OH is 2. The molecule has 0 fully saturated rings. The molecule has 0 aromatic heterocycles. The first-order valence-electron chi connectivity index (χ1n) is 8.72. The van der Waals surface area contributed by atoms with E-state index in [2.05, 4.69) is 10.6 Å². The van der Waals surface area contributed by atoms with Gasteiger partial charge in [0, 0.05) is 0 Å². The van der Waals surface area contributed by atoms with Crippen LogP contribution in [0.3, 0.4) is 0 Å². The fourth-order valence-electron chi connectivity index (χ4n) is 2.17. The van der Waals surface area contributed by atoms with Gasteiger partial charge in [-0.1, -0.05) is 13.8 Å². The summed E-state index contributed by atoms with van der Waals surface area (Å²) in [4.78, 5) is 58.3. The summed E-state index contributed by atoms with van der Waals surface area (Å²) in [6.07, 6.45) is -2.10. The minimum atomic E-state index is -1.66. The molecular weight excluding hydrogens is 392 g/mol. The molecule has 0 aliphatic carbocycles. The summed E-state index contributed by atoms with van der Waals surface area (Å²) >= 11 is 0. The molecule has 0 aliphatic rings. The summed E-state index contributed by atoms with van der Waals surface area (Å²) in [5.74, 6) is -6.16. The minimum Gasteiger partial charge on any atom is -0.481 e. The molecule has 166 valence electrons. The van der Waals surface area contributed by atoms with Gasteiger partial charge in [-0.05, 0) is 12.8 Å². The average molecular weight is 420 g/mol. The van der Waals surface area contributed by atoms with Crippen LogP contribution in [-0.2, 0) is 24.0 Å². The Kier molecular flexibility index (Phi) is 10.8. The maximum absolute atomic E-state index is 12.5. The highest BCUT2D eigenvalue weighted by Crippen LogP contribution is 2.04. The van der Waals surface area contributed by atoms with Crippen molar-refractivity contribution in [2.45, 2.75) is 57.5 Å². The molecule has 29 heavy (non-hydrogen) atoms. The molecule has 0 aromatic carbocycles. The van der Waals surface area contributed by atoms with Crippen molar-refractivity contribution in [2.24, 2.45) is 11.7 Å². The van der Waals surface area contributed by atoms with Crippen molar-refractivity contribution in [3.63, 3.8) is 0 Å². The zero-order chi connectivity index (χ0) is 22.9. The van der Waals surface area contributed by atoms with Gasteiger partial charge < -0.3 is 42.1 Å². The zero-order valence-electron chi connectivity index (χ0n) is 16.3. The molecule has 0 saturated heterocycles. The largest absolute Gasteiger partial charge is 0.481 e. The second-order valence-corrected chi connectivity index (χ2v) is 6.74. The van der Waals surface area contributed by atoms with Gasteiger partial charge in [-0.15, -0.1) is 0 Å². The van der Waals surface area contributed by atoms with E-state index in [0.717, 1.165) is 6.92 Å². The summed E-state index contributed by atoms with van der Waals surface area (Å²) in [6, 6.07) is -5.84. The fraction of sp³-hybridized carbons (Fsp3) is 0.688. The van der Waals surface area contributed by atoms with Gasteiger partial charge >= 0.3 is 11.9 Å². The fourth-order valence-corrected chi connectivity index (χ4v) is 2.17. The van der Waals surface area contributed by atoms with Gasteiger partial charge in [0.1, 0.15) is 12.1 Å². The molecular formula is C16H28N4O9. The quantitative estimate of drug-likeness (QED) is 0.154. The van der Waals surface area contributed by atoms with Crippen LogP contribution in [0.25, 0.3) is 0 Å². The van der Waals surface area contributed by atoms with Crippen LogP contribution in [0.15, 0.2) is 0 Å².